The summed E-state index contributed by atoms with van der Waals surface area (Å²) in [6.45, 7) is 2.84. The molecule has 1 N–H and O–H groups in total. The van der Waals surface area contributed by atoms with Gasteiger partial charge >= 0.3 is 0 Å². The summed E-state index contributed by atoms with van der Waals surface area (Å²) in [5.74, 6) is 0.360. The van der Waals surface area contributed by atoms with E-state index >= 15 is 0 Å². The van der Waals surface area contributed by atoms with Crippen LogP contribution in [-0.2, 0) is 0 Å². The summed E-state index contributed by atoms with van der Waals surface area (Å²) >= 11 is 1.43. The predicted octanol–water partition coefficient (Wildman–Crippen LogP) is 3.07. The number of amides is 1. The van der Waals surface area contributed by atoms with E-state index in [0.29, 0.717) is 18.2 Å². The third-order valence-electron chi connectivity index (χ3n) is 2.90. The van der Waals surface area contributed by atoms with Crippen molar-refractivity contribution in [2.75, 3.05) is 6.54 Å². The zero-order valence-corrected chi connectivity index (χ0v) is 11.1. The Balaban J connectivity index is 1.77. The Kier molecular flexibility index (Phi) is 4.47. The molecule has 2 aromatic rings. The monoisotopic (exact) mass is 260 g/mol. The van der Waals surface area contributed by atoms with E-state index < -0.39 is 0 Å². The van der Waals surface area contributed by atoms with Gasteiger partial charge in [0.05, 0.1) is 5.51 Å². The lowest BCUT2D eigenvalue weighted by atomic mass is 9.98. The van der Waals surface area contributed by atoms with Crippen molar-refractivity contribution in [1.82, 2.24) is 10.3 Å². The number of benzene rings is 1. The predicted molar refractivity (Wildman–Crippen MR) is 73.9 cm³/mol. The standard InChI is InChI=1S/C14H16N2OS/c1-11(12-5-3-2-4-6-12)7-8-15-14(17)13-9-18-10-16-13/h2-6,9-11H,7-8H2,1H3,(H,15,17). The number of aromatic nitrogens is 1. The zero-order chi connectivity index (χ0) is 12.8. The van der Waals surface area contributed by atoms with Crippen LogP contribution in [0.2, 0.25) is 0 Å². The second kappa shape index (κ2) is 6.31. The molecule has 1 unspecified atom stereocenters. The highest BCUT2D eigenvalue weighted by atomic mass is 32.1. The van der Waals surface area contributed by atoms with Gasteiger partial charge in [0.2, 0.25) is 0 Å². The molecule has 1 aromatic heterocycles. The topological polar surface area (TPSA) is 42.0 Å². The highest BCUT2D eigenvalue weighted by Crippen LogP contribution is 2.17. The van der Waals surface area contributed by atoms with Crippen molar-refractivity contribution in [3.8, 4) is 0 Å². The second-order valence-electron chi connectivity index (χ2n) is 4.23. The third kappa shape index (κ3) is 3.40. The number of carbonyl (C=O) groups is 1. The summed E-state index contributed by atoms with van der Waals surface area (Å²) < 4.78 is 0. The van der Waals surface area contributed by atoms with Crippen molar-refractivity contribution in [1.29, 1.82) is 0 Å². The van der Waals surface area contributed by atoms with Crippen molar-refractivity contribution in [3.63, 3.8) is 0 Å². The molecular weight excluding hydrogens is 244 g/mol. The van der Waals surface area contributed by atoms with Gasteiger partial charge in [0.25, 0.3) is 5.91 Å². The van der Waals surface area contributed by atoms with Crippen LogP contribution in [0.3, 0.4) is 0 Å². The maximum absolute atomic E-state index is 11.7. The molecule has 0 aliphatic carbocycles. The van der Waals surface area contributed by atoms with Crippen LogP contribution in [0.4, 0.5) is 0 Å². The third-order valence-corrected chi connectivity index (χ3v) is 3.48. The van der Waals surface area contributed by atoms with E-state index in [1.165, 1.54) is 16.9 Å². The van der Waals surface area contributed by atoms with Gasteiger partial charge in [0.1, 0.15) is 5.69 Å². The first-order valence-corrected chi connectivity index (χ1v) is 6.93. The Morgan fingerprint density at radius 2 is 2.17 bits per heavy atom. The first-order valence-electron chi connectivity index (χ1n) is 5.98. The number of hydrogen-bond donors (Lipinski definition) is 1. The zero-order valence-electron chi connectivity index (χ0n) is 10.3. The van der Waals surface area contributed by atoms with E-state index in [4.69, 9.17) is 0 Å². The van der Waals surface area contributed by atoms with E-state index in [0.717, 1.165) is 6.42 Å². The minimum Gasteiger partial charge on any atom is -0.351 e. The molecule has 1 heterocycles. The average Bonchev–Trinajstić information content (AvgIpc) is 2.93. The number of thiazole rings is 1. The summed E-state index contributed by atoms with van der Waals surface area (Å²) in [7, 11) is 0. The Labute approximate surface area is 111 Å². The number of nitrogens with zero attached hydrogens (tertiary/aromatic N) is 1. The summed E-state index contributed by atoms with van der Waals surface area (Å²) in [6, 6.07) is 10.3. The van der Waals surface area contributed by atoms with Gasteiger partial charge in [0.15, 0.2) is 0 Å². The number of hydrogen-bond acceptors (Lipinski definition) is 3. The Hall–Kier alpha value is -1.68. The van der Waals surface area contributed by atoms with Crippen molar-refractivity contribution in [3.05, 3.63) is 52.5 Å². The van der Waals surface area contributed by atoms with Crippen LogP contribution in [-0.4, -0.2) is 17.4 Å². The van der Waals surface area contributed by atoms with Gasteiger partial charge in [-0.1, -0.05) is 37.3 Å². The molecule has 0 saturated carbocycles. The molecule has 0 aliphatic heterocycles. The lowest BCUT2D eigenvalue weighted by Gasteiger charge is -2.11. The largest absolute Gasteiger partial charge is 0.351 e. The van der Waals surface area contributed by atoms with Crippen molar-refractivity contribution in [2.45, 2.75) is 19.3 Å². The van der Waals surface area contributed by atoms with Crippen LogP contribution in [0.1, 0.15) is 35.3 Å². The molecule has 3 nitrogen and oxygen atoms in total. The van der Waals surface area contributed by atoms with Crippen LogP contribution in [0.15, 0.2) is 41.2 Å². The van der Waals surface area contributed by atoms with Crippen LogP contribution in [0.5, 0.6) is 0 Å². The number of carbonyl (C=O) groups excluding carboxylic acids is 1. The van der Waals surface area contributed by atoms with Gasteiger partial charge < -0.3 is 5.32 Å². The fourth-order valence-electron chi connectivity index (χ4n) is 1.77. The van der Waals surface area contributed by atoms with E-state index in [2.05, 4.69) is 29.4 Å². The van der Waals surface area contributed by atoms with E-state index in [1.807, 2.05) is 18.2 Å². The molecule has 94 valence electrons. The van der Waals surface area contributed by atoms with Crippen LogP contribution >= 0.6 is 11.3 Å². The number of rotatable bonds is 5. The first-order chi connectivity index (χ1) is 8.77. The van der Waals surface area contributed by atoms with Crippen molar-refractivity contribution < 1.29 is 4.79 Å². The smallest absolute Gasteiger partial charge is 0.270 e. The lowest BCUT2D eigenvalue weighted by molar-refractivity contribution is 0.0948. The van der Waals surface area contributed by atoms with Crippen LogP contribution < -0.4 is 5.32 Å². The van der Waals surface area contributed by atoms with Gasteiger partial charge in [0, 0.05) is 11.9 Å². The van der Waals surface area contributed by atoms with Crippen molar-refractivity contribution in [2.24, 2.45) is 0 Å². The maximum Gasteiger partial charge on any atom is 0.270 e. The highest BCUT2D eigenvalue weighted by molar-refractivity contribution is 7.07. The molecule has 0 spiro atoms. The molecule has 1 aromatic carbocycles. The van der Waals surface area contributed by atoms with Crippen molar-refractivity contribution >= 4 is 17.2 Å². The summed E-state index contributed by atoms with van der Waals surface area (Å²) in [5, 5.41) is 4.65. The summed E-state index contributed by atoms with van der Waals surface area (Å²) in [5.41, 5.74) is 3.48. The minimum absolute atomic E-state index is 0.0866. The SMILES string of the molecule is CC(CCNC(=O)c1cscn1)c1ccccc1. The molecule has 0 aliphatic rings. The molecular formula is C14H16N2OS. The second-order valence-corrected chi connectivity index (χ2v) is 4.95. The van der Waals surface area contributed by atoms with E-state index in [1.54, 1.807) is 10.9 Å². The lowest BCUT2D eigenvalue weighted by Crippen LogP contribution is -2.25. The molecule has 0 radical (unpaired) electrons. The fourth-order valence-corrected chi connectivity index (χ4v) is 2.30. The maximum atomic E-state index is 11.7. The number of nitrogens with one attached hydrogen (secondary N) is 1. The van der Waals surface area contributed by atoms with Crippen LogP contribution in [0, 0.1) is 0 Å². The molecule has 4 heteroatoms. The molecule has 2 rings (SSSR count). The Morgan fingerprint density at radius 1 is 1.39 bits per heavy atom. The highest BCUT2D eigenvalue weighted by Gasteiger charge is 2.08. The van der Waals surface area contributed by atoms with Gasteiger partial charge in [-0.05, 0) is 17.9 Å². The Morgan fingerprint density at radius 3 is 2.83 bits per heavy atom. The van der Waals surface area contributed by atoms with Gasteiger partial charge in [-0.15, -0.1) is 11.3 Å². The molecule has 1 atom stereocenters. The quantitative estimate of drug-likeness (QED) is 0.897. The van der Waals surface area contributed by atoms with Crippen LogP contribution in [0.25, 0.3) is 0 Å². The molecule has 0 saturated heterocycles. The Bertz CT molecular complexity index is 482. The van der Waals surface area contributed by atoms with Gasteiger partial charge in [-0.25, -0.2) is 4.98 Å². The van der Waals surface area contributed by atoms with Gasteiger partial charge in [-0.3, -0.25) is 4.79 Å². The summed E-state index contributed by atoms with van der Waals surface area (Å²) in [6.07, 6.45) is 0.930. The van der Waals surface area contributed by atoms with E-state index in [9.17, 15) is 4.79 Å². The fraction of sp³-hybridized carbons (Fsp3) is 0.286. The molecule has 1 amide bonds. The average molecular weight is 260 g/mol. The minimum atomic E-state index is -0.0866. The normalized spacial score (nSPS) is 12.1. The molecule has 0 fully saturated rings. The van der Waals surface area contributed by atoms with E-state index in [-0.39, 0.29) is 5.91 Å². The van der Waals surface area contributed by atoms with Gasteiger partial charge in [-0.2, -0.15) is 0 Å². The summed E-state index contributed by atoms with van der Waals surface area (Å²) in [4.78, 5) is 15.6. The first kappa shape index (κ1) is 12.8. The molecule has 18 heavy (non-hydrogen) atoms. The molecule has 0 bridgehead atoms.